The van der Waals surface area contributed by atoms with E-state index in [1.54, 1.807) is 6.07 Å². The molecule has 1 amide bonds. The summed E-state index contributed by atoms with van der Waals surface area (Å²) in [7, 11) is -3.81. The fourth-order valence-corrected chi connectivity index (χ4v) is 5.00. The van der Waals surface area contributed by atoms with Crippen molar-refractivity contribution in [2.45, 2.75) is 17.7 Å². The number of halogens is 3. The van der Waals surface area contributed by atoms with Crippen LogP contribution < -0.4 is 14.2 Å². The lowest BCUT2D eigenvalue weighted by molar-refractivity contribution is -0.274. The molecule has 12 heteroatoms. The lowest BCUT2D eigenvalue weighted by Gasteiger charge is -2.34. The van der Waals surface area contributed by atoms with E-state index in [4.69, 9.17) is 9.47 Å². The summed E-state index contributed by atoms with van der Waals surface area (Å²) in [6.07, 6.45) is -4.12. The molecule has 0 spiro atoms. The minimum atomic E-state index is -4.82. The molecule has 0 N–H and O–H groups in total. The maximum atomic E-state index is 13.1. The molecule has 0 radical (unpaired) electrons. The van der Waals surface area contributed by atoms with E-state index in [9.17, 15) is 26.4 Å². The first-order valence-corrected chi connectivity index (χ1v) is 11.6. The molecule has 1 saturated heterocycles. The molecule has 33 heavy (non-hydrogen) atoms. The average molecular weight is 486 g/mol. The van der Waals surface area contributed by atoms with E-state index in [0.717, 1.165) is 12.1 Å². The largest absolute Gasteiger partial charge is 0.573 e. The van der Waals surface area contributed by atoms with Crippen LogP contribution in [-0.2, 0) is 10.0 Å². The topological polar surface area (TPSA) is 85.4 Å². The Labute approximate surface area is 188 Å². The van der Waals surface area contributed by atoms with Crippen LogP contribution in [0.15, 0.2) is 47.4 Å². The lowest BCUT2D eigenvalue weighted by atomic mass is 10.2. The molecule has 4 rings (SSSR count). The molecule has 0 aliphatic carbocycles. The first-order valence-electron chi connectivity index (χ1n) is 10.2. The van der Waals surface area contributed by atoms with E-state index < -0.39 is 28.0 Å². The van der Waals surface area contributed by atoms with E-state index >= 15 is 0 Å². The maximum absolute atomic E-state index is 13.1. The van der Waals surface area contributed by atoms with Crippen molar-refractivity contribution in [2.75, 3.05) is 39.4 Å². The highest BCUT2D eigenvalue weighted by atomic mass is 32.2. The first-order chi connectivity index (χ1) is 15.6. The van der Waals surface area contributed by atoms with E-state index in [1.165, 1.54) is 33.5 Å². The maximum Gasteiger partial charge on any atom is 0.573 e. The van der Waals surface area contributed by atoms with Gasteiger partial charge in [-0.3, -0.25) is 4.79 Å². The van der Waals surface area contributed by atoms with Crippen molar-refractivity contribution in [3.8, 4) is 17.2 Å². The fourth-order valence-electron chi connectivity index (χ4n) is 3.57. The Morgan fingerprint density at radius 3 is 2.18 bits per heavy atom. The summed E-state index contributed by atoms with van der Waals surface area (Å²) in [5.74, 6) is 0.0418. The second kappa shape index (κ2) is 9.10. The number of ether oxygens (including phenoxy) is 3. The van der Waals surface area contributed by atoms with Crippen molar-refractivity contribution in [1.82, 2.24) is 9.21 Å². The predicted octanol–water partition coefficient (Wildman–Crippen LogP) is 2.89. The van der Waals surface area contributed by atoms with E-state index in [2.05, 4.69) is 4.74 Å². The summed E-state index contributed by atoms with van der Waals surface area (Å²) in [5.41, 5.74) is 0.184. The van der Waals surface area contributed by atoms with Gasteiger partial charge in [0.15, 0.2) is 11.5 Å². The van der Waals surface area contributed by atoms with Gasteiger partial charge in [-0.25, -0.2) is 8.42 Å². The number of rotatable bonds is 4. The number of sulfonamides is 1. The quantitative estimate of drug-likeness (QED) is 0.661. The van der Waals surface area contributed by atoms with Crippen molar-refractivity contribution in [2.24, 2.45) is 0 Å². The number of fused-ring (bicyclic) bond motifs is 1. The Morgan fingerprint density at radius 1 is 0.909 bits per heavy atom. The smallest absolute Gasteiger partial charge is 0.490 e. The third kappa shape index (κ3) is 5.33. The fraction of sp³-hybridized carbons (Fsp3) is 0.381. The zero-order chi connectivity index (χ0) is 23.6. The SMILES string of the molecule is O=C(c1ccc(OC(F)(F)F)cc1)N1CCN(S(=O)(=O)c2ccc3c(c2)OCCCO3)CC1. The standard InChI is InChI=1S/C21H21F3N2O6S/c22-21(23,24)32-16-4-2-15(3-5-16)20(27)25-8-10-26(11-9-25)33(28,29)17-6-7-18-19(14-17)31-13-1-12-30-18/h2-7,14H,1,8-13H2. The molecule has 8 nitrogen and oxygen atoms in total. The van der Waals surface area contributed by atoms with Gasteiger partial charge in [-0.05, 0) is 36.4 Å². The minimum absolute atomic E-state index is 0.0757. The third-order valence-electron chi connectivity index (χ3n) is 5.22. The van der Waals surface area contributed by atoms with Gasteiger partial charge in [-0.1, -0.05) is 0 Å². The van der Waals surface area contributed by atoms with E-state index in [0.29, 0.717) is 31.1 Å². The number of piperazine rings is 1. The number of amides is 1. The van der Waals surface area contributed by atoms with Crippen LogP contribution in [0, 0.1) is 0 Å². The van der Waals surface area contributed by atoms with Crippen molar-refractivity contribution in [1.29, 1.82) is 0 Å². The molecule has 0 atom stereocenters. The zero-order valence-electron chi connectivity index (χ0n) is 17.4. The lowest BCUT2D eigenvalue weighted by Crippen LogP contribution is -2.50. The second-order valence-electron chi connectivity index (χ2n) is 7.43. The molecule has 0 unspecified atom stereocenters. The Morgan fingerprint density at radius 2 is 1.55 bits per heavy atom. The van der Waals surface area contributed by atoms with Crippen molar-refractivity contribution in [3.63, 3.8) is 0 Å². The van der Waals surface area contributed by atoms with Gasteiger partial charge in [0.1, 0.15) is 5.75 Å². The van der Waals surface area contributed by atoms with Crippen LogP contribution in [-0.4, -0.2) is 69.3 Å². The number of hydrogen-bond acceptors (Lipinski definition) is 6. The molecule has 1 fully saturated rings. The number of hydrogen-bond donors (Lipinski definition) is 0. The van der Waals surface area contributed by atoms with Gasteiger partial charge < -0.3 is 19.1 Å². The van der Waals surface area contributed by atoms with Gasteiger partial charge in [0.25, 0.3) is 5.91 Å². The summed E-state index contributed by atoms with van der Waals surface area (Å²) in [6.45, 7) is 1.37. The molecule has 2 aliphatic rings. The number of carbonyl (C=O) groups is 1. The monoisotopic (exact) mass is 486 g/mol. The summed E-state index contributed by atoms with van der Waals surface area (Å²) >= 11 is 0. The molecule has 2 aliphatic heterocycles. The van der Waals surface area contributed by atoms with Crippen LogP contribution in [0.2, 0.25) is 0 Å². The first kappa shape index (κ1) is 23.2. The molecule has 178 valence electrons. The van der Waals surface area contributed by atoms with Crippen LogP contribution in [0.25, 0.3) is 0 Å². The average Bonchev–Trinajstić information content (AvgIpc) is 3.03. The van der Waals surface area contributed by atoms with Crippen molar-refractivity contribution in [3.05, 3.63) is 48.0 Å². The molecule has 0 saturated carbocycles. The highest BCUT2D eigenvalue weighted by Gasteiger charge is 2.32. The highest BCUT2D eigenvalue weighted by molar-refractivity contribution is 7.89. The van der Waals surface area contributed by atoms with Crippen LogP contribution in [0.3, 0.4) is 0 Å². The summed E-state index contributed by atoms with van der Waals surface area (Å²) in [6, 6.07) is 9.08. The number of alkyl halides is 3. The molecule has 2 aromatic rings. The number of benzene rings is 2. The van der Waals surface area contributed by atoms with Gasteiger partial charge in [0, 0.05) is 44.2 Å². The molecule has 0 aromatic heterocycles. The number of carbonyl (C=O) groups excluding carboxylic acids is 1. The van der Waals surface area contributed by atoms with Crippen molar-refractivity contribution >= 4 is 15.9 Å². The highest BCUT2D eigenvalue weighted by Crippen LogP contribution is 2.33. The van der Waals surface area contributed by atoms with Gasteiger partial charge >= 0.3 is 6.36 Å². The number of nitrogens with zero attached hydrogens (tertiary/aromatic N) is 2. The van der Waals surface area contributed by atoms with Crippen molar-refractivity contribution < 1.29 is 40.6 Å². The molecule has 0 bridgehead atoms. The predicted molar refractivity (Wildman–Crippen MR) is 110 cm³/mol. The minimum Gasteiger partial charge on any atom is -0.490 e. The zero-order valence-corrected chi connectivity index (χ0v) is 18.2. The molecule has 2 aromatic carbocycles. The Kier molecular flexibility index (Phi) is 6.39. The van der Waals surface area contributed by atoms with Gasteiger partial charge in [0.2, 0.25) is 10.0 Å². The molecular formula is C21H21F3N2O6S. The van der Waals surface area contributed by atoms with Crippen LogP contribution in [0.1, 0.15) is 16.8 Å². The summed E-state index contributed by atoms with van der Waals surface area (Å²) in [4.78, 5) is 14.2. The van der Waals surface area contributed by atoms with Gasteiger partial charge in [0.05, 0.1) is 18.1 Å². The molecular weight excluding hydrogens is 465 g/mol. The second-order valence-corrected chi connectivity index (χ2v) is 9.37. The normalized spacial score (nSPS) is 17.4. The summed E-state index contributed by atoms with van der Waals surface area (Å²) < 4.78 is 79.2. The van der Waals surface area contributed by atoms with Crippen LogP contribution >= 0.6 is 0 Å². The van der Waals surface area contributed by atoms with Crippen LogP contribution in [0.5, 0.6) is 17.2 Å². The van der Waals surface area contributed by atoms with Gasteiger partial charge in [-0.15, -0.1) is 13.2 Å². The van der Waals surface area contributed by atoms with E-state index in [1.807, 2.05) is 0 Å². The third-order valence-corrected chi connectivity index (χ3v) is 7.11. The summed E-state index contributed by atoms with van der Waals surface area (Å²) in [5, 5.41) is 0. The molecule has 2 heterocycles. The Bertz CT molecular complexity index is 1110. The van der Waals surface area contributed by atoms with E-state index in [-0.39, 0.29) is 36.6 Å². The Hall–Kier alpha value is -2.99. The van der Waals surface area contributed by atoms with Crippen LogP contribution in [0.4, 0.5) is 13.2 Å². The Balaban J connectivity index is 1.40. The van der Waals surface area contributed by atoms with Gasteiger partial charge in [-0.2, -0.15) is 4.31 Å².